The van der Waals surface area contributed by atoms with Gasteiger partial charge in [0.15, 0.2) is 0 Å². The van der Waals surface area contributed by atoms with E-state index in [1.807, 2.05) is 45.0 Å². The molecule has 0 atom stereocenters. The van der Waals surface area contributed by atoms with Crippen LogP contribution in [0.1, 0.15) is 38.8 Å². The zero-order valence-electron chi connectivity index (χ0n) is 14.3. The van der Waals surface area contributed by atoms with Crippen LogP contribution in [0.3, 0.4) is 0 Å². The molecule has 4 nitrogen and oxygen atoms in total. The van der Waals surface area contributed by atoms with Gasteiger partial charge in [0.1, 0.15) is 5.00 Å². The van der Waals surface area contributed by atoms with E-state index >= 15 is 0 Å². The number of thiophene rings is 1. The molecule has 2 rings (SSSR count). The van der Waals surface area contributed by atoms with Crippen molar-refractivity contribution in [1.29, 1.82) is 0 Å². The van der Waals surface area contributed by atoms with Crippen molar-refractivity contribution in [3.05, 3.63) is 57.5 Å². The van der Waals surface area contributed by atoms with Crippen molar-refractivity contribution in [2.45, 2.75) is 27.7 Å². The molecular weight excluding hydrogens is 322 g/mol. The number of aryl methyl sites for hydroxylation is 2. The van der Waals surface area contributed by atoms with Gasteiger partial charge in [-0.25, -0.2) is 4.79 Å². The first kappa shape index (κ1) is 17.9. The lowest BCUT2D eigenvalue weighted by molar-refractivity contribution is -0.111. The van der Waals surface area contributed by atoms with Crippen molar-refractivity contribution in [3.8, 4) is 0 Å². The molecule has 0 spiro atoms. The number of amides is 1. The lowest BCUT2D eigenvalue weighted by Gasteiger charge is -2.05. The highest BCUT2D eigenvalue weighted by atomic mass is 32.1. The van der Waals surface area contributed by atoms with E-state index in [4.69, 9.17) is 4.74 Å². The molecule has 2 aromatic rings. The van der Waals surface area contributed by atoms with E-state index in [2.05, 4.69) is 5.32 Å². The molecule has 24 heavy (non-hydrogen) atoms. The second kappa shape index (κ2) is 7.93. The average molecular weight is 343 g/mol. The largest absolute Gasteiger partial charge is 0.462 e. The van der Waals surface area contributed by atoms with Crippen LogP contribution in [-0.4, -0.2) is 18.5 Å². The molecule has 0 bridgehead atoms. The van der Waals surface area contributed by atoms with Gasteiger partial charge in [0.25, 0.3) is 0 Å². The van der Waals surface area contributed by atoms with Crippen LogP contribution in [0.15, 0.2) is 30.3 Å². The van der Waals surface area contributed by atoms with Gasteiger partial charge in [-0.3, -0.25) is 4.79 Å². The summed E-state index contributed by atoms with van der Waals surface area (Å²) in [4.78, 5) is 25.3. The highest BCUT2D eigenvalue weighted by molar-refractivity contribution is 7.16. The Morgan fingerprint density at radius 1 is 1.17 bits per heavy atom. The molecule has 0 unspecified atom stereocenters. The summed E-state index contributed by atoms with van der Waals surface area (Å²) >= 11 is 1.38. The fraction of sp³-hybridized carbons (Fsp3) is 0.263. The van der Waals surface area contributed by atoms with Crippen LogP contribution in [0.5, 0.6) is 0 Å². The Kier molecular flexibility index (Phi) is 5.93. The van der Waals surface area contributed by atoms with Gasteiger partial charge in [-0.15, -0.1) is 11.3 Å². The molecule has 0 aliphatic carbocycles. The second-order valence-electron chi connectivity index (χ2n) is 5.44. The summed E-state index contributed by atoms with van der Waals surface area (Å²) in [6.07, 6.45) is 3.20. The Morgan fingerprint density at radius 3 is 2.46 bits per heavy atom. The Hall–Kier alpha value is -2.40. The van der Waals surface area contributed by atoms with Gasteiger partial charge in [0.2, 0.25) is 5.91 Å². The number of rotatable bonds is 5. The third-order valence-corrected chi connectivity index (χ3v) is 4.73. The Labute approximate surface area is 146 Å². The minimum atomic E-state index is -0.405. The van der Waals surface area contributed by atoms with E-state index in [1.54, 1.807) is 13.0 Å². The van der Waals surface area contributed by atoms with Crippen LogP contribution >= 0.6 is 11.3 Å². The predicted molar refractivity (Wildman–Crippen MR) is 98.6 cm³/mol. The first-order valence-corrected chi connectivity index (χ1v) is 8.56. The fourth-order valence-corrected chi connectivity index (χ4v) is 3.22. The van der Waals surface area contributed by atoms with Gasteiger partial charge in [0.05, 0.1) is 12.2 Å². The highest BCUT2D eigenvalue weighted by Gasteiger charge is 2.21. The molecule has 1 N–H and O–H groups in total. The van der Waals surface area contributed by atoms with E-state index in [0.29, 0.717) is 17.2 Å². The summed E-state index contributed by atoms with van der Waals surface area (Å²) < 4.78 is 5.08. The SMILES string of the molecule is CCOC(=O)c1c(NC(=O)C=Cc2ccc(C)cc2)sc(C)c1C. The molecule has 1 aromatic heterocycles. The van der Waals surface area contributed by atoms with Gasteiger partial charge < -0.3 is 10.1 Å². The van der Waals surface area contributed by atoms with Crippen LogP contribution in [0.2, 0.25) is 0 Å². The van der Waals surface area contributed by atoms with Crippen molar-refractivity contribution in [3.63, 3.8) is 0 Å². The second-order valence-corrected chi connectivity index (χ2v) is 6.67. The predicted octanol–water partition coefficient (Wildman–Crippen LogP) is 4.50. The maximum Gasteiger partial charge on any atom is 0.341 e. The zero-order valence-corrected chi connectivity index (χ0v) is 15.1. The van der Waals surface area contributed by atoms with Gasteiger partial charge in [-0.05, 0) is 44.9 Å². The minimum absolute atomic E-state index is 0.276. The Morgan fingerprint density at radius 2 is 1.83 bits per heavy atom. The highest BCUT2D eigenvalue weighted by Crippen LogP contribution is 2.33. The molecule has 1 amide bonds. The van der Waals surface area contributed by atoms with E-state index in [1.165, 1.54) is 23.0 Å². The lowest BCUT2D eigenvalue weighted by atomic mass is 10.1. The Balaban J connectivity index is 2.15. The smallest absolute Gasteiger partial charge is 0.341 e. The number of anilines is 1. The number of benzene rings is 1. The number of ether oxygens (including phenoxy) is 1. The topological polar surface area (TPSA) is 55.4 Å². The van der Waals surface area contributed by atoms with Crippen molar-refractivity contribution in [2.75, 3.05) is 11.9 Å². The number of carbonyl (C=O) groups excluding carboxylic acids is 2. The van der Waals surface area contributed by atoms with Gasteiger partial charge >= 0.3 is 5.97 Å². The van der Waals surface area contributed by atoms with Crippen molar-refractivity contribution in [2.24, 2.45) is 0 Å². The number of hydrogen-bond donors (Lipinski definition) is 1. The minimum Gasteiger partial charge on any atom is -0.462 e. The summed E-state index contributed by atoms with van der Waals surface area (Å²) in [7, 11) is 0. The third kappa shape index (κ3) is 4.32. The van der Waals surface area contributed by atoms with Crippen molar-refractivity contribution >= 4 is 34.3 Å². The Bertz CT molecular complexity index is 773. The maximum atomic E-state index is 12.2. The number of hydrogen-bond acceptors (Lipinski definition) is 4. The molecule has 0 saturated heterocycles. The number of carbonyl (C=O) groups is 2. The van der Waals surface area contributed by atoms with E-state index in [0.717, 1.165) is 16.0 Å². The normalized spacial score (nSPS) is 10.8. The monoisotopic (exact) mass is 343 g/mol. The molecule has 0 radical (unpaired) electrons. The van der Waals surface area contributed by atoms with Gasteiger partial charge in [0, 0.05) is 11.0 Å². The molecule has 1 heterocycles. The third-order valence-electron chi connectivity index (χ3n) is 3.61. The molecule has 126 valence electrons. The van der Waals surface area contributed by atoms with Crippen LogP contribution in [-0.2, 0) is 9.53 Å². The molecular formula is C19H21NO3S. The fourth-order valence-electron chi connectivity index (χ4n) is 2.17. The van der Waals surface area contributed by atoms with Crippen LogP contribution in [0, 0.1) is 20.8 Å². The van der Waals surface area contributed by atoms with Crippen LogP contribution < -0.4 is 5.32 Å². The van der Waals surface area contributed by atoms with Crippen LogP contribution in [0.25, 0.3) is 6.08 Å². The first-order chi connectivity index (χ1) is 11.4. The van der Waals surface area contributed by atoms with E-state index in [9.17, 15) is 9.59 Å². The average Bonchev–Trinajstić information content (AvgIpc) is 2.81. The number of nitrogens with one attached hydrogen (secondary N) is 1. The molecule has 0 fully saturated rings. The van der Waals surface area contributed by atoms with Gasteiger partial charge in [-0.2, -0.15) is 0 Å². The molecule has 0 saturated carbocycles. The molecule has 1 aromatic carbocycles. The maximum absolute atomic E-state index is 12.2. The summed E-state index contributed by atoms with van der Waals surface area (Å²) in [5.74, 6) is -0.681. The molecule has 5 heteroatoms. The summed E-state index contributed by atoms with van der Waals surface area (Å²) in [5.41, 5.74) is 3.40. The quantitative estimate of drug-likeness (QED) is 0.642. The first-order valence-electron chi connectivity index (χ1n) is 7.75. The lowest BCUT2D eigenvalue weighted by Crippen LogP contribution is -2.12. The van der Waals surface area contributed by atoms with E-state index in [-0.39, 0.29) is 5.91 Å². The zero-order chi connectivity index (χ0) is 17.7. The molecule has 0 aliphatic heterocycles. The van der Waals surface area contributed by atoms with Crippen molar-refractivity contribution < 1.29 is 14.3 Å². The van der Waals surface area contributed by atoms with Crippen molar-refractivity contribution in [1.82, 2.24) is 0 Å². The summed E-state index contributed by atoms with van der Waals surface area (Å²) in [6, 6.07) is 7.87. The standard InChI is InChI=1S/C19H21NO3S/c1-5-23-19(22)17-13(3)14(4)24-18(17)20-16(21)11-10-15-8-6-12(2)7-9-15/h6-11H,5H2,1-4H3,(H,20,21). The summed E-state index contributed by atoms with van der Waals surface area (Å²) in [5, 5.41) is 3.31. The number of esters is 1. The van der Waals surface area contributed by atoms with Crippen LogP contribution in [0.4, 0.5) is 5.00 Å². The summed E-state index contributed by atoms with van der Waals surface area (Å²) in [6.45, 7) is 7.85. The molecule has 0 aliphatic rings. The van der Waals surface area contributed by atoms with Gasteiger partial charge in [-0.1, -0.05) is 29.8 Å². The van der Waals surface area contributed by atoms with E-state index < -0.39 is 5.97 Å².